The molecule has 0 spiro atoms. The summed E-state index contributed by atoms with van der Waals surface area (Å²) in [5, 5.41) is 7.42. The first kappa shape index (κ1) is 10.9. The average Bonchev–Trinajstić information content (AvgIpc) is 2.14. The van der Waals surface area contributed by atoms with E-state index in [0.717, 1.165) is 26.2 Å². The summed E-state index contributed by atoms with van der Waals surface area (Å²) >= 11 is 0. The van der Waals surface area contributed by atoms with Crippen molar-refractivity contribution in [2.45, 2.75) is 32.6 Å². The summed E-state index contributed by atoms with van der Waals surface area (Å²) in [6, 6.07) is 0. The molecule has 1 rings (SSSR count). The zero-order valence-electron chi connectivity index (χ0n) is 7.21. The maximum atomic E-state index is 10.5. The van der Waals surface area contributed by atoms with E-state index in [0.29, 0.717) is 13.0 Å². The SMILES string of the molecule is CC(=O)O.O=C1CCCCCO1. The smallest absolute Gasteiger partial charge is 0.305 e. The van der Waals surface area contributed by atoms with Crippen LogP contribution in [0.15, 0.2) is 0 Å². The molecule has 0 radical (unpaired) electrons. The maximum absolute atomic E-state index is 10.5. The van der Waals surface area contributed by atoms with Crippen LogP contribution in [0.2, 0.25) is 0 Å². The van der Waals surface area contributed by atoms with Crippen LogP contribution < -0.4 is 0 Å². The van der Waals surface area contributed by atoms with Crippen molar-refractivity contribution in [3.63, 3.8) is 0 Å². The van der Waals surface area contributed by atoms with E-state index < -0.39 is 5.97 Å². The van der Waals surface area contributed by atoms with Crippen LogP contribution in [0.3, 0.4) is 0 Å². The van der Waals surface area contributed by atoms with Gasteiger partial charge < -0.3 is 9.84 Å². The van der Waals surface area contributed by atoms with E-state index in [-0.39, 0.29) is 5.97 Å². The summed E-state index contributed by atoms with van der Waals surface area (Å²) in [6.45, 7) is 1.72. The summed E-state index contributed by atoms with van der Waals surface area (Å²) < 4.78 is 4.76. The fourth-order valence-corrected chi connectivity index (χ4v) is 0.806. The van der Waals surface area contributed by atoms with E-state index in [9.17, 15) is 4.79 Å². The molecule has 0 aromatic heterocycles. The molecule has 4 nitrogen and oxygen atoms in total. The number of esters is 1. The molecule has 0 amide bonds. The minimum atomic E-state index is -0.833. The van der Waals surface area contributed by atoms with E-state index in [4.69, 9.17) is 14.6 Å². The van der Waals surface area contributed by atoms with Crippen molar-refractivity contribution in [3.05, 3.63) is 0 Å². The molecule has 70 valence electrons. The highest BCUT2D eigenvalue weighted by Crippen LogP contribution is 2.06. The van der Waals surface area contributed by atoms with Crippen LogP contribution in [-0.4, -0.2) is 23.7 Å². The molecule has 1 saturated heterocycles. The number of hydrogen-bond donors (Lipinski definition) is 1. The largest absolute Gasteiger partial charge is 0.481 e. The zero-order chi connectivity index (χ0) is 9.40. The van der Waals surface area contributed by atoms with Crippen LogP contribution in [-0.2, 0) is 14.3 Å². The highest BCUT2D eigenvalue weighted by atomic mass is 16.5. The Morgan fingerprint density at radius 3 is 2.58 bits per heavy atom. The van der Waals surface area contributed by atoms with Gasteiger partial charge >= 0.3 is 5.97 Å². The van der Waals surface area contributed by atoms with E-state index >= 15 is 0 Å². The Labute approximate surface area is 71.5 Å². The van der Waals surface area contributed by atoms with Gasteiger partial charge in [-0.3, -0.25) is 9.59 Å². The Morgan fingerprint density at radius 1 is 1.42 bits per heavy atom. The number of carboxylic acid groups (broad SMARTS) is 1. The van der Waals surface area contributed by atoms with Crippen molar-refractivity contribution in [2.24, 2.45) is 0 Å². The molecule has 1 heterocycles. The van der Waals surface area contributed by atoms with Crippen LogP contribution in [0, 0.1) is 0 Å². The Morgan fingerprint density at radius 2 is 2.00 bits per heavy atom. The van der Waals surface area contributed by atoms with Gasteiger partial charge in [-0.15, -0.1) is 0 Å². The van der Waals surface area contributed by atoms with Crippen LogP contribution in [0.4, 0.5) is 0 Å². The number of carbonyl (C=O) groups excluding carboxylic acids is 1. The van der Waals surface area contributed by atoms with Crippen molar-refractivity contribution in [1.82, 2.24) is 0 Å². The van der Waals surface area contributed by atoms with Crippen molar-refractivity contribution in [3.8, 4) is 0 Å². The molecule has 4 heteroatoms. The lowest BCUT2D eigenvalue weighted by Crippen LogP contribution is -2.00. The molecule has 0 unspecified atom stereocenters. The van der Waals surface area contributed by atoms with E-state index in [1.165, 1.54) is 0 Å². The van der Waals surface area contributed by atoms with Gasteiger partial charge in [-0.1, -0.05) is 0 Å². The monoisotopic (exact) mass is 174 g/mol. The van der Waals surface area contributed by atoms with Gasteiger partial charge in [0, 0.05) is 13.3 Å². The third kappa shape index (κ3) is 8.94. The molecule has 0 atom stereocenters. The van der Waals surface area contributed by atoms with Crippen molar-refractivity contribution >= 4 is 11.9 Å². The average molecular weight is 174 g/mol. The number of cyclic esters (lactones) is 1. The lowest BCUT2D eigenvalue weighted by Gasteiger charge is -1.93. The molecule has 1 fully saturated rings. The molecule has 0 aliphatic carbocycles. The minimum absolute atomic E-state index is 0.0255. The number of carboxylic acids is 1. The predicted octanol–water partition coefficient (Wildman–Crippen LogP) is 1.19. The highest BCUT2D eigenvalue weighted by Gasteiger charge is 2.05. The predicted molar refractivity (Wildman–Crippen MR) is 42.7 cm³/mol. The summed E-state index contributed by atoms with van der Waals surface area (Å²) in [6.07, 6.45) is 3.83. The van der Waals surface area contributed by atoms with E-state index in [1.54, 1.807) is 0 Å². The fraction of sp³-hybridized carbons (Fsp3) is 0.750. The van der Waals surface area contributed by atoms with Gasteiger partial charge in [-0.2, -0.15) is 0 Å². The van der Waals surface area contributed by atoms with Gasteiger partial charge in [0.05, 0.1) is 6.61 Å². The molecule has 1 aliphatic rings. The van der Waals surface area contributed by atoms with Gasteiger partial charge in [0.25, 0.3) is 5.97 Å². The van der Waals surface area contributed by atoms with Crippen molar-refractivity contribution in [2.75, 3.05) is 6.61 Å². The summed E-state index contributed by atoms with van der Waals surface area (Å²) in [5.41, 5.74) is 0. The number of rotatable bonds is 0. The van der Waals surface area contributed by atoms with Gasteiger partial charge in [-0.05, 0) is 19.3 Å². The van der Waals surface area contributed by atoms with Crippen LogP contribution >= 0.6 is 0 Å². The number of hydrogen-bond acceptors (Lipinski definition) is 3. The van der Waals surface area contributed by atoms with Crippen molar-refractivity contribution < 1.29 is 19.4 Å². The van der Waals surface area contributed by atoms with E-state index in [1.807, 2.05) is 0 Å². The Hall–Kier alpha value is -1.06. The summed E-state index contributed by atoms with van der Waals surface area (Å²) in [5.74, 6) is -0.859. The van der Waals surface area contributed by atoms with Crippen LogP contribution in [0.1, 0.15) is 32.6 Å². The maximum Gasteiger partial charge on any atom is 0.305 e. The third-order valence-corrected chi connectivity index (χ3v) is 1.29. The standard InChI is InChI=1S/C6H10O2.C2H4O2/c7-6-4-2-1-3-5-8-6;1-2(3)4/h1-5H2;1H3,(H,3,4). The quantitative estimate of drug-likeness (QED) is 0.560. The molecule has 0 saturated carbocycles. The van der Waals surface area contributed by atoms with Crippen LogP contribution in [0.5, 0.6) is 0 Å². The van der Waals surface area contributed by atoms with E-state index in [2.05, 4.69) is 0 Å². The minimum Gasteiger partial charge on any atom is -0.481 e. The summed E-state index contributed by atoms with van der Waals surface area (Å²) in [7, 11) is 0. The molecule has 0 aromatic rings. The molecule has 12 heavy (non-hydrogen) atoms. The van der Waals surface area contributed by atoms with Crippen molar-refractivity contribution in [1.29, 1.82) is 0 Å². The first-order chi connectivity index (χ1) is 5.63. The lowest BCUT2D eigenvalue weighted by atomic mass is 10.2. The lowest BCUT2D eigenvalue weighted by molar-refractivity contribution is -0.142. The molecule has 0 aromatic carbocycles. The van der Waals surface area contributed by atoms with Crippen LogP contribution in [0.25, 0.3) is 0 Å². The van der Waals surface area contributed by atoms with Gasteiger partial charge in [0.1, 0.15) is 0 Å². The van der Waals surface area contributed by atoms with Gasteiger partial charge in [0.15, 0.2) is 0 Å². The summed E-state index contributed by atoms with van der Waals surface area (Å²) in [4.78, 5) is 19.5. The Balaban J connectivity index is 0.000000261. The Kier molecular flexibility index (Phi) is 6.05. The van der Waals surface area contributed by atoms with Gasteiger partial charge in [-0.25, -0.2) is 0 Å². The first-order valence-corrected chi connectivity index (χ1v) is 3.98. The Bertz CT molecular complexity index is 139. The molecule has 0 bridgehead atoms. The second-order valence-corrected chi connectivity index (χ2v) is 2.55. The normalized spacial score (nSPS) is 16.6. The molecule has 1 aliphatic heterocycles. The molecular weight excluding hydrogens is 160 g/mol. The number of aliphatic carboxylic acids is 1. The fourth-order valence-electron chi connectivity index (χ4n) is 0.806. The first-order valence-electron chi connectivity index (χ1n) is 3.98. The van der Waals surface area contributed by atoms with Gasteiger partial charge in [0.2, 0.25) is 0 Å². The third-order valence-electron chi connectivity index (χ3n) is 1.29. The second-order valence-electron chi connectivity index (χ2n) is 2.55. The number of ether oxygens (including phenoxy) is 1. The topological polar surface area (TPSA) is 63.6 Å². The second kappa shape index (κ2) is 6.64. The zero-order valence-corrected chi connectivity index (χ0v) is 7.21. The molecule has 1 N–H and O–H groups in total. The number of carbonyl (C=O) groups is 2. The molecular formula is C8H14O4. The highest BCUT2D eigenvalue weighted by molar-refractivity contribution is 5.69.